The number of benzene rings is 1. The molecule has 0 unspecified atom stereocenters. The zero-order chi connectivity index (χ0) is 11.9. The number of carbonyl (C=O) groups is 1. The zero-order valence-electron chi connectivity index (χ0n) is 9.80. The third-order valence-electron chi connectivity index (χ3n) is 2.69. The highest BCUT2D eigenvalue weighted by molar-refractivity contribution is 5.76. The Balaban J connectivity index is 1.69. The van der Waals surface area contributed by atoms with Gasteiger partial charge in [0, 0.05) is 13.1 Å². The average molecular weight is 235 g/mol. The highest BCUT2D eigenvalue weighted by Crippen LogP contribution is 2.09. The number of hydrogen-bond acceptors (Lipinski definition) is 3. The van der Waals surface area contributed by atoms with Crippen LogP contribution in [0.3, 0.4) is 0 Å². The smallest absolute Gasteiger partial charge is 0.226 e. The van der Waals surface area contributed by atoms with Crippen molar-refractivity contribution < 1.29 is 14.3 Å². The molecule has 0 bridgehead atoms. The van der Waals surface area contributed by atoms with Crippen LogP contribution in [0.15, 0.2) is 30.3 Å². The number of carbonyl (C=O) groups excluding carboxylic acids is 1. The number of ether oxygens (including phenoxy) is 2. The third kappa shape index (κ3) is 3.75. The monoisotopic (exact) mass is 235 g/mol. The van der Waals surface area contributed by atoms with E-state index in [1.165, 1.54) is 0 Å². The van der Waals surface area contributed by atoms with Crippen molar-refractivity contribution in [1.29, 1.82) is 0 Å². The highest BCUT2D eigenvalue weighted by atomic mass is 16.5. The lowest BCUT2D eigenvalue weighted by molar-refractivity contribution is -0.135. The lowest BCUT2D eigenvalue weighted by Gasteiger charge is -2.26. The van der Waals surface area contributed by atoms with Gasteiger partial charge >= 0.3 is 0 Å². The molecule has 0 N–H and O–H groups in total. The summed E-state index contributed by atoms with van der Waals surface area (Å²) in [4.78, 5) is 13.6. The van der Waals surface area contributed by atoms with E-state index in [0.717, 1.165) is 5.75 Å². The van der Waals surface area contributed by atoms with Crippen LogP contribution >= 0.6 is 0 Å². The van der Waals surface area contributed by atoms with Crippen LogP contribution in [0.5, 0.6) is 5.75 Å². The van der Waals surface area contributed by atoms with Crippen molar-refractivity contribution in [3.8, 4) is 5.75 Å². The molecule has 1 aliphatic heterocycles. The Hall–Kier alpha value is -1.55. The molecule has 4 nitrogen and oxygen atoms in total. The van der Waals surface area contributed by atoms with Gasteiger partial charge in [-0.25, -0.2) is 0 Å². The quantitative estimate of drug-likeness (QED) is 0.790. The molecule has 0 aromatic heterocycles. The van der Waals surface area contributed by atoms with Crippen LogP contribution in [0, 0.1) is 0 Å². The van der Waals surface area contributed by atoms with E-state index < -0.39 is 0 Å². The molecule has 1 aromatic carbocycles. The van der Waals surface area contributed by atoms with Crippen LogP contribution in [-0.4, -0.2) is 43.7 Å². The van der Waals surface area contributed by atoms with Crippen molar-refractivity contribution in [2.24, 2.45) is 0 Å². The number of nitrogens with zero attached hydrogens (tertiary/aromatic N) is 1. The van der Waals surface area contributed by atoms with Gasteiger partial charge in [-0.2, -0.15) is 0 Å². The normalized spacial score (nSPS) is 15.6. The molecule has 1 aliphatic rings. The molecule has 0 aliphatic carbocycles. The van der Waals surface area contributed by atoms with Gasteiger partial charge in [-0.3, -0.25) is 4.79 Å². The van der Waals surface area contributed by atoms with Gasteiger partial charge in [-0.15, -0.1) is 0 Å². The molecule has 92 valence electrons. The molecule has 0 saturated carbocycles. The van der Waals surface area contributed by atoms with Crippen LogP contribution in [0.1, 0.15) is 6.42 Å². The number of morpholine rings is 1. The molecular weight excluding hydrogens is 218 g/mol. The van der Waals surface area contributed by atoms with Crippen molar-refractivity contribution >= 4 is 5.91 Å². The summed E-state index contributed by atoms with van der Waals surface area (Å²) in [5.74, 6) is 0.950. The zero-order valence-corrected chi connectivity index (χ0v) is 9.80. The summed E-state index contributed by atoms with van der Waals surface area (Å²) in [6.45, 7) is 3.12. The molecular formula is C13H17NO3. The van der Waals surface area contributed by atoms with Gasteiger partial charge < -0.3 is 14.4 Å². The number of hydrogen-bond donors (Lipinski definition) is 0. The van der Waals surface area contributed by atoms with E-state index in [1.54, 1.807) is 0 Å². The summed E-state index contributed by atoms with van der Waals surface area (Å²) < 4.78 is 10.7. The Morgan fingerprint density at radius 1 is 1.24 bits per heavy atom. The number of amides is 1. The van der Waals surface area contributed by atoms with E-state index in [0.29, 0.717) is 39.3 Å². The summed E-state index contributed by atoms with van der Waals surface area (Å²) >= 11 is 0. The van der Waals surface area contributed by atoms with Crippen LogP contribution in [0.2, 0.25) is 0 Å². The summed E-state index contributed by atoms with van der Waals surface area (Å²) in [5.41, 5.74) is 0. The van der Waals surface area contributed by atoms with E-state index in [1.807, 2.05) is 35.2 Å². The van der Waals surface area contributed by atoms with Gasteiger partial charge in [0.2, 0.25) is 5.91 Å². The lowest BCUT2D eigenvalue weighted by atomic mass is 10.3. The maximum atomic E-state index is 11.8. The van der Waals surface area contributed by atoms with Crippen molar-refractivity contribution in [2.75, 3.05) is 32.9 Å². The van der Waals surface area contributed by atoms with Gasteiger partial charge in [0.1, 0.15) is 5.75 Å². The predicted molar refractivity (Wildman–Crippen MR) is 64.0 cm³/mol. The predicted octanol–water partition coefficient (Wildman–Crippen LogP) is 1.31. The summed E-state index contributed by atoms with van der Waals surface area (Å²) in [5, 5.41) is 0. The van der Waals surface area contributed by atoms with Gasteiger partial charge in [0.05, 0.1) is 26.2 Å². The second kappa shape index (κ2) is 6.25. The first-order valence-electron chi connectivity index (χ1n) is 5.89. The van der Waals surface area contributed by atoms with Crippen LogP contribution < -0.4 is 4.74 Å². The molecule has 17 heavy (non-hydrogen) atoms. The largest absolute Gasteiger partial charge is 0.493 e. The van der Waals surface area contributed by atoms with E-state index in [9.17, 15) is 4.79 Å². The van der Waals surface area contributed by atoms with Crippen LogP contribution in [0.25, 0.3) is 0 Å². The van der Waals surface area contributed by atoms with Gasteiger partial charge in [0.15, 0.2) is 0 Å². The molecule has 1 fully saturated rings. The standard InChI is InChI=1S/C13H17NO3/c15-13(14-7-10-16-11-8-14)6-9-17-12-4-2-1-3-5-12/h1-5H,6-11H2. The molecule has 1 aromatic rings. The number of rotatable bonds is 4. The molecule has 1 saturated heterocycles. The first-order chi connectivity index (χ1) is 8.36. The van der Waals surface area contributed by atoms with Crippen LogP contribution in [-0.2, 0) is 9.53 Å². The molecule has 2 rings (SSSR count). The van der Waals surface area contributed by atoms with Crippen molar-refractivity contribution in [3.05, 3.63) is 30.3 Å². The fourth-order valence-electron chi connectivity index (χ4n) is 1.74. The fraction of sp³-hybridized carbons (Fsp3) is 0.462. The molecule has 0 atom stereocenters. The van der Waals surface area contributed by atoms with Gasteiger partial charge in [0.25, 0.3) is 0 Å². The second-order valence-electron chi connectivity index (χ2n) is 3.90. The minimum absolute atomic E-state index is 0.143. The van der Waals surface area contributed by atoms with E-state index in [4.69, 9.17) is 9.47 Å². The first kappa shape index (κ1) is 11.9. The SMILES string of the molecule is O=C(CCOc1ccccc1)N1CCOCC1. The minimum atomic E-state index is 0.143. The van der Waals surface area contributed by atoms with Crippen molar-refractivity contribution in [3.63, 3.8) is 0 Å². The van der Waals surface area contributed by atoms with Crippen molar-refractivity contribution in [2.45, 2.75) is 6.42 Å². The maximum absolute atomic E-state index is 11.8. The van der Waals surface area contributed by atoms with E-state index in [2.05, 4.69) is 0 Å². The van der Waals surface area contributed by atoms with Gasteiger partial charge in [-0.05, 0) is 12.1 Å². The Bertz CT molecular complexity index is 347. The van der Waals surface area contributed by atoms with Gasteiger partial charge in [-0.1, -0.05) is 18.2 Å². The fourth-order valence-corrected chi connectivity index (χ4v) is 1.74. The Labute approximate surface area is 101 Å². The highest BCUT2D eigenvalue weighted by Gasteiger charge is 2.16. The molecule has 0 spiro atoms. The summed E-state index contributed by atoms with van der Waals surface area (Å²) in [6.07, 6.45) is 0.425. The molecule has 0 radical (unpaired) electrons. The second-order valence-corrected chi connectivity index (χ2v) is 3.90. The summed E-state index contributed by atoms with van der Waals surface area (Å²) in [7, 11) is 0. The molecule has 4 heteroatoms. The Morgan fingerprint density at radius 3 is 2.65 bits per heavy atom. The topological polar surface area (TPSA) is 38.8 Å². The lowest BCUT2D eigenvalue weighted by Crippen LogP contribution is -2.41. The Morgan fingerprint density at radius 2 is 1.94 bits per heavy atom. The third-order valence-corrected chi connectivity index (χ3v) is 2.69. The van der Waals surface area contributed by atoms with Crippen LogP contribution in [0.4, 0.5) is 0 Å². The van der Waals surface area contributed by atoms with E-state index in [-0.39, 0.29) is 5.91 Å². The molecule has 1 heterocycles. The maximum Gasteiger partial charge on any atom is 0.226 e. The number of para-hydroxylation sites is 1. The van der Waals surface area contributed by atoms with E-state index >= 15 is 0 Å². The minimum Gasteiger partial charge on any atom is -0.493 e. The molecule has 1 amide bonds. The first-order valence-corrected chi connectivity index (χ1v) is 5.89. The average Bonchev–Trinajstić information content (AvgIpc) is 2.41. The Kier molecular flexibility index (Phi) is 4.38. The van der Waals surface area contributed by atoms with Crippen molar-refractivity contribution in [1.82, 2.24) is 4.90 Å². The summed E-state index contributed by atoms with van der Waals surface area (Å²) in [6, 6.07) is 9.54.